The largest absolute Gasteiger partial charge is 0.463 e. The van der Waals surface area contributed by atoms with Crippen molar-refractivity contribution in [1.29, 1.82) is 0 Å². The number of esters is 1. The topological polar surface area (TPSA) is 35.5 Å². The van der Waals surface area contributed by atoms with E-state index >= 15 is 0 Å². The van der Waals surface area contributed by atoms with Crippen LogP contribution in [0.4, 0.5) is 0 Å². The fourth-order valence-electron chi connectivity index (χ4n) is 0.880. The minimum atomic E-state index is -0.872. The number of rotatable bonds is 7. The molecular weight excluding hydrogens is 196 g/mol. The smallest absolute Gasteiger partial charge is 0.330 e. The maximum atomic E-state index is 10.9. The second kappa shape index (κ2) is 8.96. The molecule has 0 rings (SSSR count). The number of unbranched alkanes of at least 4 members (excludes halogenated alkanes) is 1. The van der Waals surface area contributed by atoms with Crippen LogP contribution >= 0.6 is 0 Å². The second-order valence-electron chi connectivity index (χ2n) is 3.29. The first-order chi connectivity index (χ1) is 6.66. The molecular formula is C10H20O3Si. The van der Waals surface area contributed by atoms with Gasteiger partial charge >= 0.3 is 5.97 Å². The number of allylic oxidation sites excluding steroid dienone is 1. The molecule has 0 aromatic carbocycles. The average Bonchev–Trinajstić information content (AvgIpc) is 2.11. The van der Waals surface area contributed by atoms with Crippen molar-refractivity contribution < 1.29 is 14.0 Å². The minimum Gasteiger partial charge on any atom is -0.463 e. The van der Waals surface area contributed by atoms with E-state index < -0.39 is 9.04 Å². The number of carbonyl (C=O) groups excluding carboxylic acids is 1. The van der Waals surface area contributed by atoms with E-state index in [4.69, 9.17) is 9.16 Å². The predicted molar refractivity (Wildman–Crippen MR) is 59.8 cm³/mol. The van der Waals surface area contributed by atoms with Crippen molar-refractivity contribution in [2.75, 3.05) is 13.2 Å². The molecule has 0 atom stereocenters. The molecule has 0 saturated heterocycles. The lowest BCUT2D eigenvalue weighted by molar-refractivity contribution is -0.137. The third-order valence-corrected chi connectivity index (χ3v) is 2.44. The van der Waals surface area contributed by atoms with Crippen molar-refractivity contribution in [3.05, 3.63) is 12.2 Å². The predicted octanol–water partition coefficient (Wildman–Crippen LogP) is 1.89. The third kappa shape index (κ3) is 9.47. The van der Waals surface area contributed by atoms with Gasteiger partial charge in [0.2, 0.25) is 0 Å². The van der Waals surface area contributed by atoms with Gasteiger partial charge in [-0.15, -0.1) is 0 Å². The van der Waals surface area contributed by atoms with E-state index in [0.29, 0.717) is 6.61 Å². The zero-order valence-corrected chi connectivity index (χ0v) is 10.4. The van der Waals surface area contributed by atoms with E-state index in [1.54, 1.807) is 13.0 Å². The molecule has 0 bridgehead atoms. The fourth-order valence-corrected chi connectivity index (χ4v) is 1.52. The van der Waals surface area contributed by atoms with Crippen molar-refractivity contribution in [1.82, 2.24) is 0 Å². The Morgan fingerprint density at radius 2 is 1.93 bits per heavy atom. The molecule has 0 N–H and O–H groups in total. The highest BCUT2D eigenvalue weighted by atomic mass is 28.3. The molecule has 0 aliphatic rings. The molecule has 4 heteroatoms. The Hall–Kier alpha value is -0.613. The Morgan fingerprint density at radius 1 is 1.29 bits per heavy atom. The van der Waals surface area contributed by atoms with Gasteiger partial charge in [0.05, 0.1) is 6.61 Å². The molecule has 0 spiro atoms. The summed E-state index contributed by atoms with van der Waals surface area (Å²) in [5.74, 6) is -0.258. The number of carbonyl (C=O) groups is 1. The lowest BCUT2D eigenvalue weighted by atomic mass is 10.3. The van der Waals surface area contributed by atoms with Crippen molar-refractivity contribution in [3.8, 4) is 0 Å². The lowest BCUT2D eigenvalue weighted by Crippen LogP contribution is -2.09. The highest BCUT2D eigenvalue weighted by molar-refractivity contribution is 6.48. The average molecular weight is 216 g/mol. The summed E-state index contributed by atoms with van der Waals surface area (Å²) in [6, 6.07) is 0. The molecule has 0 aliphatic heterocycles. The van der Waals surface area contributed by atoms with Crippen LogP contribution in [0, 0.1) is 0 Å². The summed E-state index contributed by atoms with van der Waals surface area (Å²) in [6.45, 7) is 7.37. The molecule has 14 heavy (non-hydrogen) atoms. The van der Waals surface area contributed by atoms with E-state index in [-0.39, 0.29) is 5.97 Å². The van der Waals surface area contributed by atoms with Gasteiger partial charge in [-0.1, -0.05) is 6.08 Å². The standard InChI is InChI=1S/C10H20O3Si/c1-4-7-10(11)12-8-5-6-9-13-14(2)3/h4,7,14H,5-6,8-9H2,1-3H3. The Balaban J connectivity index is 3.17. The Bertz CT molecular complexity index is 178. The van der Waals surface area contributed by atoms with Crippen molar-refractivity contribution >= 4 is 15.0 Å². The normalized spacial score (nSPS) is 11.1. The second-order valence-corrected chi connectivity index (χ2v) is 5.72. The highest BCUT2D eigenvalue weighted by Crippen LogP contribution is 1.94. The zero-order valence-electron chi connectivity index (χ0n) is 9.29. The van der Waals surface area contributed by atoms with Crippen LogP contribution in [0.1, 0.15) is 19.8 Å². The summed E-state index contributed by atoms with van der Waals surface area (Å²) in [7, 11) is -0.872. The van der Waals surface area contributed by atoms with Crippen LogP contribution in [-0.4, -0.2) is 28.2 Å². The van der Waals surface area contributed by atoms with Crippen molar-refractivity contribution in [2.24, 2.45) is 0 Å². The van der Waals surface area contributed by atoms with Crippen LogP contribution < -0.4 is 0 Å². The van der Waals surface area contributed by atoms with Crippen LogP contribution in [0.5, 0.6) is 0 Å². The summed E-state index contributed by atoms with van der Waals surface area (Å²) in [5, 5.41) is 0. The molecule has 0 radical (unpaired) electrons. The summed E-state index contributed by atoms with van der Waals surface area (Å²) in [5.41, 5.74) is 0. The molecule has 0 aromatic rings. The van der Waals surface area contributed by atoms with Gasteiger partial charge < -0.3 is 9.16 Å². The summed E-state index contributed by atoms with van der Waals surface area (Å²) < 4.78 is 10.4. The van der Waals surface area contributed by atoms with Gasteiger partial charge in [-0.2, -0.15) is 0 Å². The first-order valence-corrected chi connectivity index (χ1v) is 7.86. The van der Waals surface area contributed by atoms with Gasteiger partial charge in [0, 0.05) is 12.7 Å². The molecule has 0 aliphatic carbocycles. The fraction of sp³-hybridized carbons (Fsp3) is 0.700. The van der Waals surface area contributed by atoms with Crippen molar-refractivity contribution in [3.63, 3.8) is 0 Å². The van der Waals surface area contributed by atoms with Gasteiger partial charge in [-0.25, -0.2) is 4.79 Å². The number of ether oxygens (including phenoxy) is 1. The van der Waals surface area contributed by atoms with Crippen LogP contribution in [0.3, 0.4) is 0 Å². The van der Waals surface area contributed by atoms with Gasteiger partial charge in [0.25, 0.3) is 0 Å². The maximum Gasteiger partial charge on any atom is 0.330 e. The number of hydrogen-bond donors (Lipinski definition) is 0. The molecule has 3 nitrogen and oxygen atoms in total. The Morgan fingerprint density at radius 3 is 2.50 bits per heavy atom. The van der Waals surface area contributed by atoms with Gasteiger partial charge in [-0.3, -0.25) is 0 Å². The number of hydrogen-bond acceptors (Lipinski definition) is 3. The zero-order chi connectivity index (χ0) is 10.8. The molecule has 0 aromatic heterocycles. The molecule has 0 unspecified atom stereocenters. The summed E-state index contributed by atoms with van der Waals surface area (Å²) in [6.07, 6.45) is 4.95. The van der Waals surface area contributed by atoms with Gasteiger partial charge in [0.15, 0.2) is 9.04 Å². The molecule has 0 heterocycles. The molecule has 82 valence electrons. The van der Waals surface area contributed by atoms with E-state index in [1.807, 2.05) is 0 Å². The van der Waals surface area contributed by atoms with E-state index in [9.17, 15) is 4.79 Å². The van der Waals surface area contributed by atoms with Gasteiger partial charge in [0.1, 0.15) is 0 Å². The van der Waals surface area contributed by atoms with E-state index in [2.05, 4.69) is 13.1 Å². The first kappa shape index (κ1) is 13.4. The Kier molecular flexibility index (Phi) is 8.57. The van der Waals surface area contributed by atoms with Crippen LogP contribution in [0.15, 0.2) is 12.2 Å². The van der Waals surface area contributed by atoms with E-state index in [0.717, 1.165) is 19.4 Å². The summed E-state index contributed by atoms with van der Waals surface area (Å²) >= 11 is 0. The van der Waals surface area contributed by atoms with Crippen molar-refractivity contribution in [2.45, 2.75) is 32.9 Å². The first-order valence-electron chi connectivity index (χ1n) is 5.08. The highest BCUT2D eigenvalue weighted by Gasteiger charge is 1.97. The lowest BCUT2D eigenvalue weighted by Gasteiger charge is -2.06. The monoisotopic (exact) mass is 216 g/mol. The SMILES string of the molecule is CC=CC(=O)OCCCCO[SiH](C)C. The van der Waals surface area contributed by atoms with Crippen LogP contribution in [0.2, 0.25) is 13.1 Å². The van der Waals surface area contributed by atoms with E-state index in [1.165, 1.54) is 6.08 Å². The molecule has 0 fully saturated rings. The van der Waals surface area contributed by atoms with Crippen LogP contribution in [-0.2, 0) is 14.0 Å². The summed E-state index contributed by atoms with van der Waals surface area (Å²) in [4.78, 5) is 10.9. The molecule has 0 amide bonds. The molecule has 0 saturated carbocycles. The quantitative estimate of drug-likeness (QED) is 0.282. The minimum absolute atomic E-state index is 0.258. The van der Waals surface area contributed by atoms with Crippen LogP contribution in [0.25, 0.3) is 0 Å². The maximum absolute atomic E-state index is 10.9. The third-order valence-electron chi connectivity index (χ3n) is 1.54. The Labute approximate surface area is 87.8 Å². The van der Waals surface area contributed by atoms with Gasteiger partial charge in [-0.05, 0) is 32.9 Å².